The predicted molar refractivity (Wildman–Crippen MR) is 116 cm³/mol. The maximum atomic E-state index is 13.0. The molecule has 4 rings (SSSR count). The van der Waals surface area contributed by atoms with Gasteiger partial charge in [0.25, 0.3) is 0 Å². The monoisotopic (exact) mass is 445 g/mol. The van der Waals surface area contributed by atoms with E-state index in [0.29, 0.717) is 35.7 Å². The van der Waals surface area contributed by atoms with Gasteiger partial charge in [0.15, 0.2) is 0 Å². The van der Waals surface area contributed by atoms with Gasteiger partial charge in [-0.25, -0.2) is 8.42 Å². The minimum Gasteiger partial charge on any atom is -0.339 e. The first-order valence-corrected chi connectivity index (χ1v) is 11.9. The van der Waals surface area contributed by atoms with Gasteiger partial charge in [-0.2, -0.15) is 9.29 Å². The van der Waals surface area contributed by atoms with Crippen LogP contribution in [0.1, 0.15) is 50.0 Å². The van der Waals surface area contributed by atoms with Crippen LogP contribution in [0.4, 0.5) is 0 Å². The summed E-state index contributed by atoms with van der Waals surface area (Å²) in [5.74, 6) is 1.33. The number of rotatable bonds is 5. The molecule has 1 aromatic heterocycles. The van der Waals surface area contributed by atoms with E-state index in [1.165, 1.54) is 22.0 Å². The van der Waals surface area contributed by atoms with E-state index in [1.54, 1.807) is 12.1 Å². The Morgan fingerprint density at radius 1 is 1.10 bits per heavy atom. The Hall–Kier alpha value is -2.22. The van der Waals surface area contributed by atoms with Gasteiger partial charge in [-0.1, -0.05) is 54.9 Å². The van der Waals surface area contributed by atoms with Crippen LogP contribution >= 0.6 is 11.6 Å². The van der Waals surface area contributed by atoms with Crippen LogP contribution in [0.3, 0.4) is 0 Å². The lowest BCUT2D eigenvalue weighted by Crippen LogP contribution is -2.39. The molecule has 2 heterocycles. The quantitative estimate of drug-likeness (QED) is 0.547. The zero-order valence-electron chi connectivity index (χ0n) is 17.0. The van der Waals surface area contributed by atoms with Crippen LogP contribution in [0, 0.1) is 0 Å². The van der Waals surface area contributed by atoms with Crippen LogP contribution in [-0.4, -0.2) is 36.0 Å². The third-order valence-electron chi connectivity index (χ3n) is 5.46. The van der Waals surface area contributed by atoms with Crippen molar-refractivity contribution >= 4 is 21.6 Å². The fourth-order valence-corrected chi connectivity index (χ4v) is 5.30. The highest BCUT2D eigenvalue weighted by atomic mass is 35.5. The minimum atomic E-state index is -3.59. The summed E-state index contributed by atoms with van der Waals surface area (Å²) in [4.78, 5) is 4.80. The van der Waals surface area contributed by atoms with E-state index < -0.39 is 10.0 Å². The lowest BCUT2D eigenvalue weighted by Gasteiger charge is -2.30. The zero-order valence-corrected chi connectivity index (χ0v) is 18.5. The number of piperidine rings is 1. The molecule has 6 nitrogen and oxygen atoms in total. The fourth-order valence-electron chi connectivity index (χ4n) is 3.65. The summed E-state index contributed by atoms with van der Waals surface area (Å²) >= 11 is 5.89. The molecule has 0 bridgehead atoms. The third-order valence-corrected chi connectivity index (χ3v) is 7.59. The van der Waals surface area contributed by atoms with Crippen LogP contribution in [0.15, 0.2) is 57.9 Å². The number of benzene rings is 2. The molecular formula is C22H24ClN3O3S. The van der Waals surface area contributed by atoms with Crippen molar-refractivity contribution in [2.75, 3.05) is 13.1 Å². The smallest absolute Gasteiger partial charge is 0.243 e. The molecule has 0 N–H and O–H groups in total. The van der Waals surface area contributed by atoms with Crippen LogP contribution in [0.2, 0.25) is 5.02 Å². The van der Waals surface area contributed by atoms with Gasteiger partial charge in [-0.15, -0.1) is 0 Å². The van der Waals surface area contributed by atoms with Crippen LogP contribution in [-0.2, 0) is 10.0 Å². The summed E-state index contributed by atoms with van der Waals surface area (Å²) in [6, 6.07) is 14.4. The van der Waals surface area contributed by atoms with Crippen molar-refractivity contribution < 1.29 is 12.9 Å². The minimum absolute atomic E-state index is 0.128. The molecular weight excluding hydrogens is 422 g/mol. The van der Waals surface area contributed by atoms with E-state index in [1.807, 2.05) is 12.1 Å². The van der Waals surface area contributed by atoms with Gasteiger partial charge < -0.3 is 4.52 Å². The second-order valence-corrected chi connectivity index (χ2v) is 10.3. The third kappa shape index (κ3) is 4.29. The largest absolute Gasteiger partial charge is 0.339 e. The van der Waals surface area contributed by atoms with Crippen LogP contribution in [0.5, 0.6) is 0 Å². The Bertz CT molecular complexity index is 1110. The van der Waals surface area contributed by atoms with Crippen molar-refractivity contribution in [3.8, 4) is 11.4 Å². The van der Waals surface area contributed by atoms with E-state index >= 15 is 0 Å². The molecule has 2 aromatic carbocycles. The van der Waals surface area contributed by atoms with Gasteiger partial charge in [0.1, 0.15) is 0 Å². The van der Waals surface area contributed by atoms with Gasteiger partial charge in [-0.05, 0) is 48.6 Å². The molecule has 30 heavy (non-hydrogen) atoms. The lowest BCUT2D eigenvalue weighted by atomic mass is 9.99. The Morgan fingerprint density at radius 3 is 2.47 bits per heavy atom. The summed E-state index contributed by atoms with van der Waals surface area (Å²) in [7, 11) is -3.59. The van der Waals surface area contributed by atoms with Crippen molar-refractivity contribution in [1.82, 2.24) is 14.4 Å². The van der Waals surface area contributed by atoms with Crippen LogP contribution < -0.4 is 0 Å². The van der Waals surface area contributed by atoms with E-state index in [9.17, 15) is 8.42 Å². The van der Waals surface area contributed by atoms with Gasteiger partial charge in [-0.3, -0.25) is 0 Å². The molecule has 158 valence electrons. The Morgan fingerprint density at radius 2 is 1.80 bits per heavy atom. The van der Waals surface area contributed by atoms with Crippen molar-refractivity contribution in [2.24, 2.45) is 0 Å². The standard InChI is InChI=1S/C22H24ClN3O3S/c1-15(2)16-5-7-17(8-6-16)21-24-22(29-25-21)18-4-3-13-26(14-18)30(27,28)20-11-9-19(23)10-12-20/h5-12,15,18H,3-4,13-14H2,1-2H3. The molecule has 0 aliphatic carbocycles. The first kappa shape index (κ1) is 21.0. The first-order valence-electron chi connectivity index (χ1n) is 10.0. The topological polar surface area (TPSA) is 76.3 Å². The Balaban J connectivity index is 1.52. The molecule has 0 spiro atoms. The van der Waals surface area contributed by atoms with Crippen molar-refractivity contribution in [3.05, 3.63) is 65.0 Å². The maximum Gasteiger partial charge on any atom is 0.243 e. The SMILES string of the molecule is CC(C)c1ccc(-c2noc(C3CCCN(S(=O)(=O)c4ccc(Cl)cc4)C3)n2)cc1. The average molecular weight is 446 g/mol. The van der Waals surface area contributed by atoms with Gasteiger partial charge >= 0.3 is 0 Å². The number of nitrogens with zero attached hydrogens (tertiary/aromatic N) is 3. The molecule has 1 saturated heterocycles. The predicted octanol–water partition coefficient (Wildman–Crippen LogP) is 5.08. The molecule has 3 aromatic rings. The molecule has 1 aliphatic rings. The number of sulfonamides is 1. The molecule has 1 atom stereocenters. The van der Waals surface area contributed by atoms with Crippen molar-refractivity contribution in [1.29, 1.82) is 0 Å². The first-order chi connectivity index (χ1) is 14.3. The molecule has 1 aliphatic heterocycles. The molecule has 0 radical (unpaired) electrons. The fraction of sp³-hybridized carbons (Fsp3) is 0.364. The Labute approximate surface area is 181 Å². The summed E-state index contributed by atoms with van der Waals surface area (Å²) in [5, 5.41) is 4.63. The highest BCUT2D eigenvalue weighted by Gasteiger charge is 2.33. The van der Waals surface area contributed by atoms with Gasteiger partial charge in [0.05, 0.1) is 10.8 Å². The van der Waals surface area contributed by atoms with Crippen molar-refractivity contribution in [3.63, 3.8) is 0 Å². The second kappa shape index (κ2) is 8.49. The normalized spacial score (nSPS) is 18.1. The van der Waals surface area contributed by atoms with E-state index in [2.05, 4.69) is 36.1 Å². The van der Waals surface area contributed by atoms with E-state index in [0.717, 1.165) is 18.4 Å². The number of hydrogen-bond donors (Lipinski definition) is 0. The highest BCUT2D eigenvalue weighted by Crippen LogP contribution is 2.31. The summed E-state index contributed by atoms with van der Waals surface area (Å²) in [5.41, 5.74) is 2.13. The van der Waals surface area contributed by atoms with E-state index in [4.69, 9.17) is 16.1 Å². The Kier molecular flexibility index (Phi) is 5.95. The molecule has 1 unspecified atom stereocenters. The number of hydrogen-bond acceptors (Lipinski definition) is 5. The highest BCUT2D eigenvalue weighted by molar-refractivity contribution is 7.89. The second-order valence-electron chi connectivity index (χ2n) is 7.89. The molecule has 8 heteroatoms. The average Bonchev–Trinajstić information content (AvgIpc) is 3.24. The number of halogens is 1. The maximum absolute atomic E-state index is 13.0. The molecule has 1 fully saturated rings. The zero-order chi connectivity index (χ0) is 21.3. The summed E-state index contributed by atoms with van der Waals surface area (Å²) < 4.78 is 33.0. The van der Waals surface area contributed by atoms with Crippen molar-refractivity contribution in [2.45, 2.75) is 43.4 Å². The van der Waals surface area contributed by atoms with E-state index in [-0.39, 0.29) is 10.8 Å². The number of aromatic nitrogens is 2. The summed E-state index contributed by atoms with van der Waals surface area (Å²) in [6.45, 7) is 5.08. The lowest BCUT2D eigenvalue weighted by molar-refractivity contribution is 0.265. The summed E-state index contributed by atoms with van der Waals surface area (Å²) in [6.07, 6.45) is 1.54. The molecule has 0 saturated carbocycles. The van der Waals surface area contributed by atoms with Gasteiger partial charge in [0, 0.05) is 23.7 Å². The van der Waals surface area contributed by atoms with Crippen LogP contribution in [0.25, 0.3) is 11.4 Å². The molecule has 0 amide bonds. The van der Waals surface area contributed by atoms with Gasteiger partial charge in [0.2, 0.25) is 21.7 Å².